The molecule has 0 unspecified atom stereocenters. The molecule has 1 aliphatic heterocycles. The highest BCUT2D eigenvalue weighted by molar-refractivity contribution is 6.00. The van der Waals surface area contributed by atoms with Crippen LogP contribution in [0.1, 0.15) is 24.9 Å². The van der Waals surface area contributed by atoms with Gasteiger partial charge in [0.25, 0.3) is 0 Å². The Hall–Kier alpha value is -4.06. The summed E-state index contributed by atoms with van der Waals surface area (Å²) < 4.78 is 58.6. The van der Waals surface area contributed by atoms with Crippen LogP contribution in [0.5, 0.6) is 11.5 Å². The summed E-state index contributed by atoms with van der Waals surface area (Å²) in [7, 11) is -1.20. The van der Waals surface area contributed by atoms with E-state index >= 15 is 0 Å². The van der Waals surface area contributed by atoms with E-state index < -0.39 is 14.0 Å². The van der Waals surface area contributed by atoms with Gasteiger partial charge in [-0.2, -0.15) is 0 Å². The van der Waals surface area contributed by atoms with Crippen LogP contribution in [0.15, 0.2) is 66.9 Å². The van der Waals surface area contributed by atoms with E-state index in [9.17, 15) is 4.79 Å². The van der Waals surface area contributed by atoms with Crippen molar-refractivity contribution >= 4 is 23.0 Å². The Bertz CT molecular complexity index is 1590. The number of fused-ring (bicyclic) bond motifs is 2. The number of pyridine rings is 1. The van der Waals surface area contributed by atoms with Crippen LogP contribution in [0.3, 0.4) is 0 Å². The van der Waals surface area contributed by atoms with Crippen molar-refractivity contribution in [3.05, 3.63) is 83.6 Å². The summed E-state index contributed by atoms with van der Waals surface area (Å²) in [5, 5.41) is 0.615. The SMILES string of the molecule is [2H]C([2H])([2H])Oc1cc2c(cc1OC)CCN(C(=O)/C=C/c1c(-c3ccccc3)n(C([2H])([2H])[2H])c3ncccc13)C2. The van der Waals surface area contributed by atoms with Crippen molar-refractivity contribution in [1.29, 1.82) is 0 Å². The number of amides is 1. The lowest BCUT2D eigenvalue weighted by molar-refractivity contribution is -0.126. The first-order valence-corrected chi connectivity index (χ1v) is 10.9. The van der Waals surface area contributed by atoms with Crippen LogP contribution in [-0.4, -0.2) is 41.1 Å². The van der Waals surface area contributed by atoms with E-state index in [0.29, 0.717) is 46.6 Å². The summed E-state index contributed by atoms with van der Waals surface area (Å²) >= 11 is 0. The van der Waals surface area contributed by atoms with Crippen molar-refractivity contribution in [2.45, 2.75) is 13.0 Å². The van der Waals surface area contributed by atoms with E-state index in [1.165, 1.54) is 17.8 Å². The molecular weight excluding hydrogens is 426 g/mol. The molecule has 0 spiro atoms. The number of carbonyl (C=O) groups excluding carboxylic acids is 1. The third-order valence-electron chi connectivity index (χ3n) is 6.13. The Morgan fingerprint density at radius 1 is 1.09 bits per heavy atom. The largest absolute Gasteiger partial charge is 0.493 e. The molecule has 2 aromatic carbocycles. The van der Waals surface area contributed by atoms with Crippen LogP contribution in [0.4, 0.5) is 0 Å². The van der Waals surface area contributed by atoms with Crippen molar-refractivity contribution in [1.82, 2.24) is 14.5 Å². The zero-order valence-corrected chi connectivity index (χ0v) is 18.6. The van der Waals surface area contributed by atoms with Gasteiger partial charge in [-0.25, -0.2) is 4.98 Å². The lowest BCUT2D eigenvalue weighted by Gasteiger charge is -2.28. The molecule has 0 saturated heterocycles. The highest BCUT2D eigenvalue weighted by Gasteiger charge is 2.22. The molecular formula is C28H27N3O3. The number of ether oxygens (including phenoxy) is 2. The normalized spacial score (nSPS) is 16.7. The minimum atomic E-state index is -2.65. The molecule has 0 fully saturated rings. The Kier molecular flexibility index (Phi) is 4.19. The van der Waals surface area contributed by atoms with E-state index in [1.54, 1.807) is 41.4 Å². The number of aromatic nitrogens is 2. The lowest BCUT2D eigenvalue weighted by Crippen LogP contribution is -2.34. The Morgan fingerprint density at radius 2 is 1.91 bits per heavy atom. The molecule has 172 valence electrons. The van der Waals surface area contributed by atoms with Crippen LogP contribution in [0.25, 0.3) is 28.4 Å². The average molecular weight is 460 g/mol. The zero-order valence-electron chi connectivity index (χ0n) is 24.6. The van der Waals surface area contributed by atoms with Crippen molar-refractivity contribution < 1.29 is 22.5 Å². The molecule has 0 saturated carbocycles. The predicted octanol–water partition coefficient (Wildman–Crippen LogP) is 4.86. The molecule has 0 radical (unpaired) electrons. The van der Waals surface area contributed by atoms with E-state index in [1.807, 2.05) is 30.3 Å². The van der Waals surface area contributed by atoms with Crippen LogP contribution in [-0.2, 0) is 24.7 Å². The number of rotatable bonds is 5. The Labute approximate surface area is 207 Å². The number of nitrogens with zero attached hydrogens (tertiary/aromatic N) is 3. The van der Waals surface area contributed by atoms with Gasteiger partial charge >= 0.3 is 0 Å². The summed E-state index contributed by atoms with van der Waals surface area (Å²) in [5.41, 5.74) is 3.72. The van der Waals surface area contributed by atoms with Crippen molar-refractivity contribution in [2.24, 2.45) is 6.98 Å². The summed E-state index contributed by atoms with van der Waals surface area (Å²) in [6, 6.07) is 16.0. The van der Waals surface area contributed by atoms with Crippen LogP contribution < -0.4 is 9.47 Å². The fourth-order valence-corrected chi connectivity index (χ4v) is 4.44. The fourth-order valence-electron chi connectivity index (χ4n) is 4.44. The summed E-state index contributed by atoms with van der Waals surface area (Å²) in [6.45, 7) is -1.80. The molecule has 34 heavy (non-hydrogen) atoms. The molecule has 0 aliphatic carbocycles. The molecule has 0 bridgehead atoms. The zero-order chi connectivity index (χ0) is 28.7. The van der Waals surface area contributed by atoms with Gasteiger partial charge < -0.3 is 18.9 Å². The number of benzene rings is 2. The highest BCUT2D eigenvalue weighted by atomic mass is 16.5. The van der Waals surface area contributed by atoms with E-state index in [2.05, 4.69) is 4.98 Å². The molecule has 0 N–H and O–H groups in total. The Morgan fingerprint density at radius 3 is 2.71 bits per heavy atom. The van der Waals surface area contributed by atoms with Crippen LogP contribution in [0.2, 0.25) is 0 Å². The summed E-state index contributed by atoms with van der Waals surface area (Å²) in [6.07, 6.45) is 5.18. The molecule has 6 heteroatoms. The topological polar surface area (TPSA) is 56.6 Å². The second-order valence-corrected chi connectivity index (χ2v) is 8.06. The second-order valence-electron chi connectivity index (χ2n) is 8.06. The Balaban J connectivity index is 1.50. The molecule has 6 nitrogen and oxygen atoms in total. The quantitative estimate of drug-likeness (QED) is 0.400. The monoisotopic (exact) mass is 459 g/mol. The van der Waals surface area contributed by atoms with Gasteiger partial charge in [0, 0.05) is 47.4 Å². The van der Waals surface area contributed by atoms with Gasteiger partial charge in [-0.3, -0.25) is 4.79 Å². The molecule has 1 amide bonds. The van der Waals surface area contributed by atoms with Gasteiger partial charge in [-0.05, 0) is 53.5 Å². The summed E-state index contributed by atoms with van der Waals surface area (Å²) in [5.74, 6) is 0.142. The average Bonchev–Trinajstić information content (AvgIpc) is 3.25. The van der Waals surface area contributed by atoms with E-state index in [4.69, 9.17) is 17.7 Å². The summed E-state index contributed by atoms with van der Waals surface area (Å²) in [4.78, 5) is 19.4. The maximum atomic E-state index is 13.4. The molecule has 0 atom stereocenters. The van der Waals surface area contributed by atoms with Gasteiger partial charge in [0.2, 0.25) is 5.91 Å². The third-order valence-corrected chi connectivity index (χ3v) is 6.13. The first-order chi connectivity index (χ1) is 19.0. The number of carbonyl (C=O) groups is 1. The minimum absolute atomic E-state index is 0.0866. The smallest absolute Gasteiger partial charge is 0.246 e. The number of methoxy groups -OCH3 is 2. The van der Waals surface area contributed by atoms with Gasteiger partial charge in [-0.1, -0.05) is 30.3 Å². The minimum Gasteiger partial charge on any atom is -0.493 e. The number of hydrogen-bond donors (Lipinski definition) is 0. The van der Waals surface area contributed by atoms with Gasteiger partial charge in [0.05, 0.1) is 24.0 Å². The second kappa shape index (κ2) is 9.06. The van der Waals surface area contributed by atoms with Crippen molar-refractivity contribution in [3.8, 4) is 22.8 Å². The molecule has 2 aromatic heterocycles. The van der Waals surface area contributed by atoms with Crippen LogP contribution >= 0.6 is 0 Å². The van der Waals surface area contributed by atoms with Crippen molar-refractivity contribution in [3.63, 3.8) is 0 Å². The van der Waals surface area contributed by atoms with E-state index in [-0.39, 0.29) is 18.2 Å². The number of aryl methyl sites for hydroxylation is 1. The molecule has 3 heterocycles. The van der Waals surface area contributed by atoms with E-state index in [0.717, 1.165) is 11.1 Å². The highest BCUT2D eigenvalue weighted by Crippen LogP contribution is 2.35. The number of hydrogen-bond acceptors (Lipinski definition) is 4. The van der Waals surface area contributed by atoms with Gasteiger partial charge in [-0.15, -0.1) is 0 Å². The molecule has 4 aromatic rings. The third kappa shape index (κ3) is 3.81. The standard InChI is InChI=1S/C28H27N3O3/c1-30-27(19-8-5-4-6-9-19)22(23-10-7-14-29-28(23)30)11-12-26(32)31-15-13-20-16-24(33-2)25(34-3)17-21(20)18-31/h4-12,14,16-17H,13,15,18H2,1-3H3/b12-11+/i1D3,3D3. The van der Waals surface area contributed by atoms with Gasteiger partial charge in [0.1, 0.15) is 5.65 Å². The molecule has 5 rings (SSSR count). The fraction of sp³-hybridized carbons (Fsp3) is 0.214. The lowest BCUT2D eigenvalue weighted by atomic mass is 9.98. The van der Waals surface area contributed by atoms with Gasteiger partial charge in [0.15, 0.2) is 11.5 Å². The maximum absolute atomic E-state index is 13.4. The first-order valence-electron chi connectivity index (χ1n) is 13.9. The van der Waals surface area contributed by atoms with Crippen LogP contribution in [0, 0.1) is 0 Å². The maximum Gasteiger partial charge on any atom is 0.246 e. The first kappa shape index (κ1) is 15.7. The predicted molar refractivity (Wildman–Crippen MR) is 134 cm³/mol. The molecule has 1 aliphatic rings. The van der Waals surface area contributed by atoms with Crippen molar-refractivity contribution in [2.75, 3.05) is 20.7 Å².